The van der Waals surface area contributed by atoms with Crippen molar-refractivity contribution >= 4 is 46.2 Å². The van der Waals surface area contributed by atoms with E-state index < -0.39 is 0 Å². The van der Waals surface area contributed by atoms with E-state index >= 15 is 0 Å². The van der Waals surface area contributed by atoms with E-state index in [0.29, 0.717) is 21.8 Å². The predicted octanol–water partition coefficient (Wildman–Crippen LogP) is 5.17. The quantitative estimate of drug-likeness (QED) is 0.362. The van der Waals surface area contributed by atoms with Crippen molar-refractivity contribution in [2.24, 2.45) is 0 Å². The number of hydrogen-bond acceptors (Lipinski definition) is 5. The average molecular weight is 383 g/mol. The first-order valence-corrected chi connectivity index (χ1v) is 9.98. The minimum Gasteiger partial charge on any atom is -0.397 e. The summed E-state index contributed by atoms with van der Waals surface area (Å²) in [4.78, 5) is 26.7. The third-order valence-corrected chi connectivity index (χ3v) is 5.87. The second-order valence-corrected chi connectivity index (χ2v) is 7.67. The van der Waals surface area contributed by atoms with Crippen molar-refractivity contribution in [1.82, 2.24) is 0 Å². The molecule has 26 heavy (non-hydrogen) atoms. The maximum absolute atomic E-state index is 12.5. The van der Waals surface area contributed by atoms with Crippen LogP contribution < -0.4 is 11.1 Å². The Hall–Kier alpha value is -2.57. The number of carbonyl (C=O) groups excluding carboxylic acids is 2. The molecule has 0 aliphatic carbocycles. The van der Waals surface area contributed by atoms with E-state index in [0.717, 1.165) is 15.3 Å². The first-order valence-electron chi connectivity index (χ1n) is 7.94. The van der Waals surface area contributed by atoms with Gasteiger partial charge in [0.25, 0.3) is 5.91 Å². The molecule has 0 saturated heterocycles. The third kappa shape index (κ3) is 3.98. The molecule has 3 aromatic rings. The number of amides is 1. The number of carbonyl (C=O) groups is 2. The Morgan fingerprint density at radius 3 is 2.38 bits per heavy atom. The number of nitrogens with two attached hydrogens (primary N) is 1. The molecule has 0 aliphatic rings. The summed E-state index contributed by atoms with van der Waals surface area (Å²) in [5.74, 6) is -0.170. The minimum atomic E-state index is -0.211. The van der Waals surface area contributed by atoms with Crippen LogP contribution in [0.2, 0.25) is 0 Å². The van der Waals surface area contributed by atoms with Crippen LogP contribution in [0.4, 0.5) is 11.4 Å². The van der Waals surface area contributed by atoms with Crippen LogP contribution in [0.1, 0.15) is 27.0 Å². The van der Waals surface area contributed by atoms with E-state index in [-0.39, 0.29) is 11.7 Å². The molecule has 0 atom stereocenters. The average Bonchev–Trinajstić information content (AvgIpc) is 3.14. The lowest BCUT2D eigenvalue weighted by Gasteiger charge is -2.10. The standard InChI is InChI=1S/C20H18N2O2S2/c1-12(23)18-9-10-19(26-18)14-5-8-16(21)17(11-14)22-20(24)13-3-6-15(25-2)7-4-13/h3-11H,21H2,1-2H3,(H,22,24). The van der Waals surface area contributed by atoms with Crippen molar-refractivity contribution in [2.45, 2.75) is 11.8 Å². The number of nitrogens with one attached hydrogen (secondary N) is 1. The number of thiophene rings is 1. The molecule has 0 spiro atoms. The van der Waals surface area contributed by atoms with Gasteiger partial charge in [-0.15, -0.1) is 23.1 Å². The molecule has 3 N–H and O–H groups in total. The fourth-order valence-electron chi connectivity index (χ4n) is 2.44. The highest BCUT2D eigenvalue weighted by Gasteiger charge is 2.11. The molecule has 2 aromatic carbocycles. The van der Waals surface area contributed by atoms with Crippen molar-refractivity contribution in [2.75, 3.05) is 17.3 Å². The van der Waals surface area contributed by atoms with Gasteiger partial charge in [-0.3, -0.25) is 9.59 Å². The van der Waals surface area contributed by atoms with E-state index in [1.165, 1.54) is 11.3 Å². The van der Waals surface area contributed by atoms with Gasteiger partial charge in [0.2, 0.25) is 0 Å². The van der Waals surface area contributed by atoms with Crippen molar-refractivity contribution in [3.63, 3.8) is 0 Å². The Labute approximate surface area is 160 Å². The summed E-state index contributed by atoms with van der Waals surface area (Å²) >= 11 is 3.05. The summed E-state index contributed by atoms with van der Waals surface area (Å²) < 4.78 is 0. The molecular weight excluding hydrogens is 364 g/mol. The Balaban J connectivity index is 1.84. The third-order valence-electron chi connectivity index (χ3n) is 3.89. The van der Waals surface area contributed by atoms with E-state index in [1.54, 1.807) is 36.9 Å². The van der Waals surface area contributed by atoms with Crippen LogP contribution in [0.3, 0.4) is 0 Å². The van der Waals surface area contributed by atoms with Crippen LogP contribution in [0, 0.1) is 0 Å². The molecule has 0 fully saturated rings. The number of rotatable bonds is 5. The summed E-state index contributed by atoms with van der Waals surface area (Å²) in [6, 6.07) is 16.6. The first kappa shape index (κ1) is 18.2. The second kappa shape index (κ2) is 7.76. The lowest BCUT2D eigenvalue weighted by Crippen LogP contribution is -2.13. The van der Waals surface area contributed by atoms with Crippen molar-refractivity contribution < 1.29 is 9.59 Å². The molecule has 132 valence electrons. The van der Waals surface area contributed by atoms with Crippen molar-refractivity contribution in [3.8, 4) is 10.4 Å². The monoisotopic (exact) mass is 382 g/mol. The van der Waals surface area contributed by atoms with Gasteiger partial charge in [-0.25, -0.2) is 0 Å². The van der Waals surface area contributed by atoms with E-state index in [2.05, 4.69) is 5.32 Å². The van der Waals surface area contributed by atoms with E-state index in [4.69, 9.17) is 5.73 Å². The summed E-state index contributed by atoms with van der Waals surface area (Å²) in [7, 11) is 0. The molecule has 0 bridgehead atoms. The van der Waals surface area contributed by atoms with Gasteiger partial charge in [0.15, 0.2) is 5.78 Å². The number of hydrogen-bond donors (Lipinski definition) is 2. The summed E-state index contributed by atoms with van der Waals surface area (Å²) in [6.45, 7) is 1.55. The molecule has 3 rings (SSSR count). The topological polar surface area (TPSA) is 72.2 Å². The molecule has 0 saturated carbocycles. The second-order valence-electron chi connectivity index (χ2n) is 5.70. The van der Waals surface area contributed by atoms with E-state index in [9.17, 15) is 9.59 Å². The highest BCUT2D eigenvalue weighted by Crippen LogP contribution is 2.32. The number of thioether (sulfide) groups is 1. The zero-order chi connectivity index (χ0) is 18.7. The van der Waals surface area contributed by atoms with E-state index in [1.807, 2.05) is 42.7 Å². The summed E-state index contributed by atoms with van der Waals surface area (Å²) in [5, 5.41) is 2.87. The molecule has 1 heterocycles. The van der Waals surface area contributed by atoms with Crippen LogP contribution in [0.25, 0.3) is 10.4 Å². The largest absolute Gasteiger partial charge is 0.397 e. The maximum Gasteiger partial charge on any atom is 0.255 e. The zero-order valence-electron chi connectivity index (χ0n) is 14.4. The number of Topliss-reactive ketones (excluding diaryl/α,β-unsaturated/α-hetero) is 1. The lowest BCUT2D eigenvalue weighted by molar-refractivity contribution is 0.101. The first-order chi connectivity index (χ1) is 12.5. The number of nitrogen functional groups attached to an aromatic ring is 1. The smallest absolute Gasteiger partial charge is 0.255 e. The fourth-order valence-corrected chi connectivity index (χ4v) is 3.74. The van der Waals surface area contributed by atoms with Gasteiger partial charge in [-0.2, -0.15) is 0 Å². The van der Waals surface area contributed by atoms with Crippen LogP contribution in [-0.2, 0) is 0 Å². The molecule has 1 aromatic heterocycles. The Kier molecular flexibility index (Phi) is 5.44. The highest BCUT2D eigenvalue weighted by molar-refractivity contribution is 7.98. The normalized spacial score (nSPS) is 10.5. The fraction of sp³-hybridized carbons (Fsp3) is 0.100. The predicted molar refractivity (Wildman–Crippen MR) is 110 cm³/mol. The van der Waals surface area contributed by atoms with Crippen LogP contribution in [0.15, 0.2) is 59.5 Å². The molecule has 0 radical (unpaired) electrons. The molecule has 1 amide bonds. The molecular formula is C20H18N2O2S2. The summed E-state index contributed by atoms with van der Waals surface area (Å²) in [6.07, 6.45) is 1.99. The number of anilines is 2. The van der Waals surface area contributed by atoms with Crippen molar-refractivity contribution in [3.05, 3.63) is 65.0 Å². The van der Waals surface area contributed by atoms with Gasteiger partial charge in [0, 0.05) is 15.3 Å². The summed E-state index contributed by atoms with van der Waals surface area (Å²) in [5.41, 5.74) is 8.55. The maximum atomic E-state index is 12.5. The Bertz CT molecular complexity index is 962. The molecule has 6 heteroatoms. The van der Waals surface area contributed by atoms with Gasteiger partial charge in [0.05, 0.1) is 16.3 Å². The highest BCUT2D eigenvalue weighted by atomic mass is 32.2. The molecule has 0 unspecified atom stereocenters. The van der Waals surface area contributed by atoms with Crippen molar-refractivity contribution in [1.29, 1.82) is 0 Å². The van der Waals surface area contributed by atoms with Gasteiger partial charge in [-0.05, 0) is 67.3 Å². The van der Waals surface area contributed by atoms with Crippen LogP contribution in [0.5, 0.6) is 0 Å². The lowest BCUT2D eigenvalue weighted by atomic mass is 10.1. The zero-order valence-corrected chi connectivity index (χ0v) is 16.0. The number of benzene rings is 2. The van der Waals surface area contributed by atoms with Gasteiger partial charge >= 0.3 is 0 Å². The van der Waals surface area contributed by atoms with Gasteiger partial charge in [-0.1, -0.05) is 6.07 Å². The van der Waals surface area contributed by atoms with Crippen LogP contribution in [-0.4, -0.2) is 17.9 Å². The number of ketones is 1. The Morgan fingerprint density at radius 1 is 1.04 bits per heavy atom. The van der Waals surface area contributed by atoms with Crippen LogP contribution >= 0.6 is 23.1 Å². The van der Waals surface area contributed by atoms with Gasteiger partial charge in [0.1, 0.15) is 0 Å². The molecule has 0 aliphatic heterocycles. The minimum absolute atomic E-state index is 0.0407. The Morgan fingerprint density at radius 2 is 1.77 bits per heavy atom. The molecule has 4 nitrogen and oxygen atoms in total. The SMILES string of the molecule is CSc1ccc(C(=O)Nc2cc(-c3ccc(C(C)=O)s3)ccc2N)cc1. The van der Waals surface area contributed by atoms with Gasteiger partial charge < -0.3 is 11.1 Å².